The standard InChI is InChI=1S/C23H22FN5O5/c1-3-27-18-12-28(13(2)21(30)25-16-9-7-15(24)8-10-16)22(31)19(18)20(26-23(27)32)14-5-4-6-17(11-14)29(33)34/h4-11,13,20H,3,12H2,1-2H3,(H,25,30)(H,26,32)/t13-,20+/m1/s1. The van der Waals surface area contributed by atoms with Crippen LogP contribution < -0.4 is 10.6 Å². The molecule has 0 spiro atoms. The molecule has 0 radical (unpaired) electrons. The van der Waals surface area contributed by atoms with Crippen LogP contribution in [0.25, 0.3) is 0 Å². The van der Waals surface area contributed by atoms with Crippen LogP contribution >= 0.6 is 0 Å². The van der Waals surface area contributed by atoms with E-state index >= 15 is 0 Å². The molecule has 0 saturated heterocycles. The lowest BCUT2D eigenvalue weighted by Gasteiger charge is -2.32. The van der Waals surface area contributed by atoms with E-state index in [-0.39, 0.29) is 17.8 Å². The van der Waals surface area contributed by atoms with Gasteiger partial charge in [-0.05, 0) is 43.7 Å². The molecule has 4 rings (SSSR count). The summed E-state index contributed by atoms with van der Waals surface area (Å²) in [6.45, 7) is 3.64. The third-order valence-electron chi connectivity index (χ3n) is 5.94. The average molecular weight is 467 g/mol. The molecule has 2 aromatic rings. The summed E-state index contributed by atoms with van der Waals surface area (Å²) in [4.78, 5) is 52.5. The molecule has 0 aliphatic carbocycles. The third kappa shape index (κ3) is 4.07. The minimum atomic E-state index is -0.900. The quantitative estimate of drug-likeness (QED) is 0.499. The van der Waals surface area contributed by atoms with Gasteiger partial charge in [-0.3, -0.25) is 24.6 Å². The van der Waals surface area contributed by atoms with E-state index in [1.165, 1.54) is 52.3 Å². The molecular formula is C23H22FN5O5. The molecule has 4 amide bonds. The maximum atomic E-state index is 13.5. The van der Waals surface area contributed by atoms with Gasteiger partial charge >= 0.3 is 6.03 Å². The fourth-order valence-electron chi connectivity index (χ4n) is 4.15. The minimum absolute atomic E-state index is 0.0266. The number of non-ortho nitro benzene ring substituents is 1. The van der Waals surface area contributed by atoms with Gasteiger partial charge in [0.05, 0.1) is 28.8 Å². The Balaban J connectivity index is 1.63. The van der Waals surface area contributed by atoms with Crippen molar-refractivity contribution in [3.8, 4) is 0 Å². The molecule has 10 nitrogen and oxygen atoms in total. The van der Waals surface area contributed by atoms with Gasteiger partial charge in [0.25, 0.3) is 11.6 Å². The molecule has 0 unspecified atom stereocenters. The van der Waals surface area contributed by atoms with Crippen molar-refractivity contribution in [2.45, 2.75) is 25.9 Å². The number of hydrogen-bond acceptors (Lipinski definition) is 5. The fraction of sp³-hybridized carbons (Fsp3) is 0.261. The molecule has 2 N–H and O–H groups in total. The van der Waals surface area contributed by atoms with Crippen molar-refractivity contribution < 1.29 is 23.7 Å². The minimum Gasteiger partial charge on any atom is -0.326 e. The van der Waals surface area contributed by atoms with E-state index in [0.29, 0.717) is 23.5 Å². The third-order valence-corrected chi connectivity index (χ3v) is 5.94. The maximum absolute atomic E-state index is 13.5. The number of halogens is 1. The number of rotatable bonds is 6. The highest BCUT2D eigenvalue weighted by atomic mass is 19.1. The fourth-order valence-corrected chi connectivity index (χ4v) is 4.15. The highest BCUT2D eigenvalue weighted by Gasteiger charge is 2.46. The second kappa shape index (κ2) is 8.93. The van der Waals surface area contributed by atoms with Crippen molar-refractivity contribution in [1.29, 1.82) is 0 Å². The summed E-state index contributed by atoms with van der Waals surface area (Å²) in [7, 11) is 0. The van der Waals surface area contributed by atoms with Gasteiger partial charge in [0.1, 0.15) is 11.9 Å². The molecule has 0 saturated carbocycles. The number of nitrogens with one attached hydrogen (secondary N) is 2. The van der Waals surface area contributed by atoms with Crippen molar-refractivity contribution in [3.63, 3.8) is 0 Å². The van der Waals surface area contributed by atoms with E-state index in [1.54, 1.807) is 19.9 Å². The van der Waals surface area contributed by atoms with Crippen LogP contribution in [0.1, 0.15) is 25.5 Å². The molecule has 2 aromatic carbocycles. The van der Waals surface area contributed by atoms with E-state index in [1.807, 2.05) is 0 Å². The van der Waals surface area contributed by atoms with Crippen LogP contribution in [-0.4, -0.2) is 51.7 Å². The van der Waals surface area contributed by atoms with E-state index < -0.39 is 40.7 Å². The number of nitro groups is 1. The van der Waals surface area contributed by atoms with E-state index in [0.717, 1.165) is 0 Å². The molecule has 2 aliphatic heterocycles. The lowest BCUT2D eigenvalue weighted by molar-refractivity contribution is -0.384. The first kappa shape index (κ1) is 22.9. The van der Waals surface area contributed by atoms with Gasteiger partial charge in [-0.2, -0.15) is 0 Å². The van der Waals surface area contributed by atoms with Gasteiger partial charge in [0.2, 0.25) is 5.91 Å². The zero-order chi connectivity index (χ0) is 24.6. The normalized spacial score (nSPS) is 18.5. The number of carbonyl (C=O) groups excluding carboxylic acids is 3. The number of hydrogen-bond donors (Lipinski definition) is 2. The van der Waals surface area contributed by atoms with Crippen molar-refractivity contribution in [1.82, 2.24) is 15.1 Å². The van der Waals surface area contributed by atoms with Gasteiger partial charge in [-0.25, -0.2) is 9.18 Å². The number of anilines is 1. The largest absolute Gasteiger partial charge is 0.326 e. The highest BCUT2D eigenvalue weighted by molar-refractivity contribution is 6.05. The maximum Gasteiger partial charge on any atom is 0.322 e. The summed E-state index contributed by atoms with van der Waals surface area (Å²) in [5.74, 6) is -1.37. The van der Waals surface area contributed by atoms with Crippen LogP contribution in [-0.2, 0) is 9.59 Å². The summed E-state index contributed by atoms with van der Waals surface area (Å²) in [6.07, 6.45) is 0. The lowest BCUT2D eigenvalue weighted by Crippen LogP contribution is -2.47. The molecule has 2 heterocycles. The molecule has 0 aromatic heterocycles. The highest BCUT2D eigenvalue weighted by Crippen LogP contribution is 2.37. The zero-order valence-corrected chi connectivity index (χ0v) is 18.4. The second-order valence-corrected chi connectivity index (χ2v) is 7.94. The predicted molar refractivity (Wildman–Crippen MR) is 120 cm³/mol. The van der Waals surface area contributed by atoms with Crippen LogP contribution in [0, 0.1) is 15.9 Å². The first-order valence-electron chi connectivity index (χ1n) is 10.6. The first-order chi connectivity index (χ1) is 16.2. The number of carbonyl (C=O) groups is 3. The number of nitro benzene ring substituents is 1. The molecule has 2 atom stereocenters. The zero-order valence-electron chi connectivity index (χ0n) is 18.4. The Morgan fingerprint density at radius 2 is 1.97 bits per heavy atom. The summed E-state index contributed by atoms with van der Waals surface area (Å²) in [5, 5.41) is 16.6. The number of likely N-dealkylation sites (N-methyl/N-ethyl adjacent to an activating group) is 1. The first-order valence-corrected chi connectivity index (χ1v) is 10.6. The van der Waals surface area contributed by atoms with E-state index in [4.69, 9.17) is 0 Å². The molecule has 2 aliphatic rings. The van der Waals surface area contributed by atoms with Gasteiger partial charge in [-0.1, -0.05) is 12.1 Å². The van der Waals surface area contributed by atoms with E-state index in [9.17, 15) is 28.9 Å². The average Bonchev–Trinajstić information content (AvgIpc) is 3.16. The summed E-state index contributed by atoms with van der Waals surface area (Å²) in [5.41, 5.74) is 1.33. The van der Waals surface area contributed by atoms with Gasteiger partial charge in [0, 0.05) is 24.4 Å². The molecule has 176 valence electrons. The molecular weight excluding hydrogens is 445 g/mol. The summed E-state index contributed by atoms with van der Waals surface area (Å²) >= 11 is 0. The Morgan fingerprint density at radius 3 is 2.62 bits per heavy atom. The van der Waals surface area contributed by atoms with Gasteiger partial charge in [0.15, 0.2) is 0 Å². The number of nitrogens with zero attached hydrogens (tertiary/aromatic N) is 3. The predicted octanol–water partition coefficient (Wildman–Crippen LogP) is 2.94. The molecule has 0 fully saturated rings. The molecule has 0 bridgehead atoms. The van der Waals surface area contributed by atoms with Crippen LogP contribution in [0.3, 0.4) is 0 Å². The topological polar surface area (TPSA) is 125 Å². The van der Waals surface area contributed by atoms with Gasteiger partial charge in [-0.15, -0.1) is 0 Å². The van der Waals surface area contributed by atoms with Crippen LogP contribution in [0.5, 0.6) is 0 Å². The number of benzene rings is 2. The van der Waals surface area contributed by atoms with Crippen molar-refractivity contribution in [2.75, 3.05) is 18.4 Å². The van der Waals surface area contributed by atoms with Crippen molar-refractivity contribution >= 4 is 29.2 Å². The summed E-state index contributed by atoms with van der Waals surface area (Å²) < 4.78 is 13.2. The van der Waals surface area contributed by atoms with E-state index in [2.05, 4.69) is 10.6 Å². The van der Waals surface area contributed by atoms with Crippen molar-refractivity contribution in [2.24, 2.45) is 0 Å². The second-order valence-electron chi connectivity index (χ2n) is 7.94. The Hall–Kier alpha value is -4.28. The lowest BCUT2D eigenvalue weighted by atomic mass is 9.95. The number of amides is 4. The van der Waals surface area contributed by atoms with Crippen LogP contribution in [0.15, 0.2) is 59.8 Å². The smallest absolute Gasteiger partial charge is 0.322 e. The number of urea groups is 1. The van der Waals surface area contributed by atoms with Crippen molar-refractivity contribution in [3.05, 3.63) is 81.3 Å². The molecule has 11 heteroatoms. The Kier molecular flexibility index (Phi) is 6.01. The SMILES string of the molecule is CCN1C(=O)N[C@@H](c2cccc([N+](=O)[O-])c2)C2=C1CN([C@H](C)C(=O)Nc1ccc(F)cc1)C2=O. The van der Waals surface area contributed by atoms with Crippen LogP contribution in [0.2, 0.25) is 0 Å². The Morgan fingerprint density at radius 1 is 1.26 bits per heavy atom. The monoisotopic (exact) mass is 467 g/mol. The Bertz CT molecular complexity index is 1210. The molecule has 34 heavy (non-hydrogen) atoms. The van der Waals surface area contributed by atoms with Gasteiger partial charge < -0.3 is 15.5 Å². The van der Waals surface area contributed by atoms with Crippen LogP contribution in [0.4, 0.5) is 20.6 Å². The Labute approximate surface area is 194 Å². The summed E-state index contributed by atoms with van der Waals surface area (Å²) in [6, 6.07) is 8.75.